The average Bonchev–Trinajstić information content (AvgIpc) is 3.31. The van der Waals surface area contributed by atoms with Crippen LogP contribution in [0.2, 0.25) is 0 Å². The van der Waals surface area contributed by atoms with Gasteiger partial charge in [-0.15, -0.1) is 0 Å². The summed E-state index contributed by atoms with van der Waals surface area (Å²) in [5.74, 6) is -1.93. The predicted molar refractivity (Wildman–Crippen MR) is 147 cm³/mol. The highest BCUT2D eigenvalue weighted by atomic mass is 19.3. The molecule has 10 heteroatoms. The zero-order valence-electron chi connectivity index (χ0n) is 22.0. The second-order valence-electron chi connectivity index (χ2n) is 10.7. The number of aromatic nitrogens is 3. The van der Waals surface area contributed by atoms with Gasteiger partial charge in [-0.1, -0.05) is 31.2 Å². The normalized spacial score (nSPS) is 22.5. The van der Waals surface area contributed by atoms with Gasteiger partial charge >= 0.3 is 0 Å². The summed E-state index contributed by atoms with van der Waals surface area (Å²) < 4.78 is 48.1. The Hall–Kier alpha value is -3.37. The van der Waals surface area contributed by atoms with Crippen LogP contribution >= 0.6 is 0 Å². The number of H-pyrrole nitrogens is 1. The van der Waals surface area contributed by atoms with Crippen LogP contribution in [-0.4, -0.2) is 75.7 Å². The Morgan fingerprint density at radius 2 is 1.82 bits per heavy atom. The first-order valence-electron chi connectivity index (χ1n) is 13.6. The summed E-state index contributed by atoms with van der Waals surface area (Å²) in [7, 11) is 0. The number of ether oxygens (including phenoxy) is 1. The number of anilines is 1. The molecule has 2 fully saturated rings. The van der Waals surface area contributed by atoms with Gasteiger partial charge in [-0.05, 0) is 30.2 Å². The molecule has 0 unspecified atom stereocenters. The van der Waals surface area contributed by atoms with Crippen LogP contribution in [0, 0.1) is 0 Å². The smallest absolute Gasteiger partial charge is 0.250 e. The lowest BCUT2D eigenvalue weighted by Crippen LogP contribution is -2.46. The van der Waals surface area contributed by atoms with Crippen LogP contribution in [0.1, 0.15) is 31.7 Å². The van der Waals surface area contributed by atoms with Crippen LogP contribution in [-0.2, 0) is 6.54 Å². The number of nitrogens with zero attached hydrogens (tertiary/aromatic N) is 4. The predicted octanol–water partition coefficient (Wildman–Crippen LogP) is 5.40. The Balaban J connectivity index is 1.27. The van der Waals surface area contributed by atoms with Crippen molar-refractivity contribution in [3.05, 3.63) is 48.3 Å². The van der Waals surface area contributed by atoms with Gasteiger partial charge in [0, 0.05) is 62.7 Å². The van der Waals surface area contributed by atoms with Gasteiger partial charge in [-0.3, -0.25) is 4.90 Å². The first kappa shape index (κ1) is 25.9. The number of piperidine rings is 2. The summed E-state index contributed by atoms with van der Waals surface area (Å²) in [5.41, 5.74) is 10.6. The van der Waals surface area contributed by atoms with Crippen LogP contribution in [0.15, 0.2) is 42.7 Å². The minimum atomic E-state index is -2.54. The van der Waals surface area contributed by atoms with E-state index in [2.05, 4.69) is 24.8 Å². The van der Waals surface area contributed by atoms with Crippen molar-refractivity contribution >= 4 is 27.8 Å². The minimum Gasteiger partial charge on any atom is -0.483 e. The summed E-state index contributed by atoms with van der Waals surface area (Å²) in [5, 5.41) is 1.57. The van der Waals surface area contributed by atoms with E-state index in [0.717, 1.165) is 46.1 Å². The molecule has 206 valence electrons. The van der Waals surface area contributed by atoms with Gasteiger partial charge in [0.2, 0.25) is 0 Å². The van der Waals surface area contributed by atoms with Crippen LogP contribution in [0.25, 0.3) is 33.1 Å². The molecule has 0 spiro atoms. The molecule has 3 N–H and O–H groups in total. The first-order chi connectivity index (χ1) is 18.8. The van der Waals surface area contributed by atoms with E-state index in [9.17, 15) is 13.2 Å². The fourth-order valence-corrected chi connectivity index (χ4v) is 5.65. The highest BCUT2D eigenvalue weighted by Gasteiger charge is 2.34. The van der Waals surface area contributed by atoms with E-state index in [-0.39, 0.29) is 18.7 Å². The number of rotatable bonds is 6. The molecular weight excluding hydrogens is 505 g/mol. The van der Waals surface area contributed by atoms with Crippen LogP contribution < -0.4 is 10.5 Å². The van der Waals surface area contributed by atoms with E-state index in [1.54, 1.807) is 12.4 Å². The van der Waals surface area contributed by atoms with Crippen molar-refractivity contribution in [1.82, 2.24) is 24.8 Å². The van der Waals surface area contributed by atoms with Crippen molar-refractivity contribution in [2.45, 2.75) is 50.9 Å². The highest BCUT2D eigenvalue weighted by molar-refractivity contribution is 6.11. The number of fused-ring (bicyclic) bond motifs is 3. The van der Waals surface area contributed by atoms with Gasteiger partial charge in [-0.25, -0.2) is 23.1 Å². The maximum Gasteiger partial charge on any atom is 0.250 e. The second-order valence-corrected chi connectivity index (χ2v) is 10.7. The third-order valence-corrected chi connectivity index (χ3v) is 8.04. The largest absolute Gasteiger partial charge is 0.483 e. The molecule has 5 heterocycles. The van der Waals surface area contributed by atoms with E-state index in [0.29, 0.717) is 44.0 Å². The Kier molecular flexibility index (Phi) is 6.84. The number of likely N-dealkylation sites (tertiary alicyclic amines) is 2. The third kappa shape index (κ3) is 5.27. The molecule has 0 bridgehead atoms. The van der Waals surface area contributed by atoms with Crippen molar-refractivity contribution in [1.29, 1.82) is 0 Å². The average molecular weight is 539 g/mol. The van der Waals surface area contributed by atoms with Crippen LogP contribution in [0.3, 0.4) is 0 Å². The Bertz CT molecular complexity index is 1460. The van der Waals surface area contributed by atoms with Gasteiger partial charge in [-0.2, -0.15) is 0 Å². The van der Waals surface area contributed by atoms with Gasteiger partial charge in [0.15, 0.2) is 11.6 Å². The summed E-state index contributed by atoms with van der Waals surface area (Å²) >= 11 is 0. The number of nitrogens with one attached hydrogen (secondary N) is 1. The fraction of sp³-hybridized carbons (Fsp3) is 0.448. The van der Waals surface area contributed by atoms with Gasteiger partial charge in [0.1, 0.15) is 17.9 Å². The Morgan fingerprint density at radius 3 is 2.54 bits per heavy atom. The van der Waals surface area contributed by atoms with Crippen molar-refractivity contribution in [2.75, 3.05) is 38.5 Å². The standard InChI is InChI=1S/C29H33F3N6O/c1-2-37-10-7-24(22(30)17-37)39-26-25-21-13-20(14-35-28(21)36-23(25)15-34-27(26)33)19-5-3-18(4-6-19)16-38-11-8-29(31,32)9-12-38/h3-6,13-15,22,24H,2,7-12,16-17H2,1H3,(H2,33,34)(H,35,36)/t22-,24-/m0/s1. The molecule has 2 atom stereocenters. The van der Waals surface area contributed by atoms with Gasteiger partial charge < -0.3 is 20.4 Å². The lowest BCUT2D eigenvalue weighted by Gasteiger charge is -2.34. The number of halogens is 3. The molecule has 0 aliphatic carbocycles. The number of hydrogen-bond donors (Lipinski definition) is 2. The SMILES string of the molecule is CCN1CC[C@H](Oc2c(N)ncc3[nH]c4ncc(-c5ccc(CN6CCC(F)(F)CC6)cc5)cc4c23)[C@@H](F)C1. The summed E-state index contributed by atoms with van der Waals surface area (Å²) in [6.45, 7) is 5.39. The van der Waals surface area contributed by atoms with Crippen LogP contribution in [0.5, 0.6) is 5.75 Å². The molecule has 0 amide bonds. The van der Waals surface area contributed by atoms with E-state index in [1.165, 1.54) is 0 Å². The molecule has 2 aliphatic rings. The fourth-order valence-electron chi connectivity index (χ4n) is 5.65. The third-order valence-electron chi connectivity index (χ3n) is 8.04. The quantitative estimate of drug-likeness (QED) is 0.342. The van der Waals surface area contributed by atoms with Gasteiger partial charge in [0.25, 0.3) is 5.92 Å². The van der Waals surface area contributed by atoms with E-state index < -0.39 is 18.2 Å². The molecule has 0 saturated carbocycles. The number of hydrogen-bond acceptors (Lipinski definition) is 6. The zero-order chi connectivity index (χ0) is 27.1. The number of nitrogen functional groups attached to an aromatic ring is 1. The molecule has 39 heavy (non-hydrogen) atoms. The van der Waals surface area contributed by atoms with Crippen LogP contribution in [0.4, 0.5) is 19.0 Å². The lowest BCUT2D eigenvalue weighted by molar-refractivity contribution is -0.0566. The molecule has 2 saturated heterocycles. The molecule has 7 nitrogen and oxygen atoms in total. The lowest BCUT2D eigenvalue weighted by atomic mass is 10.0. The zero-order valence-corrected chi connectivity index (χ0v) is 22.0. The summed E-state index contributed by atoms with van der Waals surface area (Å²) in [6, 6.07) is 10.1. The molecule has 1 aromatic carbocycles. The second kappa shape index (κ2) is 10.3. The first-order valence-corrected chi connectivity index (χ1v) is 13.6. The van der Waals surface area contributed by atoms with Crippen molar-refractivity contribution in [3.63, 3.8) is 0 Å². The van der Waals surface area contributed by atoms with Gasteiger partial charge in [0.05, 0.1) is 17.1 Å². The molecule has 3 aromatic heterocycles. The van der Waals surface area contributed by atoms with E-state index in [1.807, 2.05) is 37.3 Å². The summed E-state index contributed by atoms with van der Waals surface area (Å²) in [4.78, 5) is 16.3. The highest BCUT2D eigenvalue weighted by Crippen LogP contribution is 2.38. The number of aromatic amines is 1. The molecule has 4 aromatic rings. The van der Waals surface area contributed by atoms with Crippen molar-refractivity contribution in [3.8, 4) is 16.9 Å². The number of benzene rings is 1. The topological polar surface area (TPSA) is 83.3 Å². The molecular formula is C29H33F3N6O. The number of alkyl halides is 3. The molecule has 6 rings (SSSR count). The Morgan fingerprint density at radius 1 is 1.05 bits per heavy atom. The van der Waals surface area contributed by atoms with E-state index >= 15 is 0 Å². The molecule has 0 radical (unpaired) electrons. The molecule has 2 aliphatic heterocycles. The summed E-state index contributed by atoms with van der Waals surface area (Å²) in [6.07, 6.45) is 2.14. The maximum atomic E-state index is 15.0. The van der Waals surface area contributed by atoms with E-state index in [4.69, 9.17) is 10.5 Å². The minimum absolute atomic E-state index is 0.0863. The number of pyridine rings is 2. The van der Waals surface area contributed by atoms with Crippen molar-refractivity contribution in [2.24, 2.45) is 0 Å². The number of nitrogens with two attached hydrogens (primary N) is 1. The monoisotopic (exact) mass is 538 g/mol. The Labute approximate surface area is 225 Å². The maximum absolute atomic E-state index is 15.0. The van der Waals surface area contributed by atoms with Crippen molar-refractivity contribution < 1.29 is 17.9 Å².